The number of hydrogen-bond donors (Lipinski definition) is 2. The first-order valence-corrected chi connectivity index (χ1v) is 6.63. The molecule has 20 heavy (non-hydrogen) atoms. The van der Waals surface area contributed by atoms with Gasteiger partial charge in [0, 0.05) is 39.8 Å². The second kappa shape index (κ2) is 4.48. The van der Waals surface area contributed by atoms with Crippen molar-refractivity contribution in [1.82, 2.24) is 24.4 Å². The van der Waals surface area contributed by atoms with Crippen LogP contribution in [0.15, 0.2) is 9.59 Å². The maximum absolute atomic E-state index is 12.1. The van der Waals surface area contributed by atoms with Gasteiger partial charge in [0.25, 0.3) is 5.56 Å². The van der Waals surface area contributed by atoms with Crippen molar-refractivity contribution in [3.8, 4) is 0 Å². The number of piperazine rings is 1. The molecule has 0 aromatic carbocycles. The van der Waals surface area contributed by atoms with E-state index in [9.17, 15) is 9.59 Å². The predicted octanol–water partition coefficient (Wildman–Crippen LogP) is -1.24. The molecule has 3 heterocycles. The van der Waals surface area contributed by atoms with Crippen LogP contribution in [-0.2, 0) is 14.1 Å². The van der Waals surface area contributed by atoms with Gasteiger partial charge in [-0.05, 0) is 6.92 Å². The molecule has 0 amide bonds. The van der Waals surface area contributed by atoms with Crippen molar-refractivity contribution in [2.75, 3.05) is 24.5 Å². The topological polar surface area (TPSA) is 88.0 Å². The Hall–Kier alpha value is -2.09. The van der Waals surface area contributed by atoms with Crippen LogP contribution in [0, 0.1) is 0 Å². The molecule has 8 nitrogen and oxygen atoms in total. The quantitative estimate of drug-likeness (QED) is 0.681. The Morgan fingerprint density at radius 1 is 1.25 bits per heavy atom. The molecule has 1 aliphatic heterocycles. The Morgan fingerprint density at radius 3 is 2.70 bits per heavy atom. The molecule has 1 aliphatic rings. The molecular formula is C12H18N6O2. The minimum atomic E-state index is -0.366. The molecule has 2 aromatic heterocycles. The van der Waals surface area contributed by atoms with Crippen LogP contribution in [0.3, 0.4) is 0 Å². The fourth-order valence-corrected chi connectivity index (χ4v) is 2.59. The molecule has 1 saturated heterocycles. The van der Waals surface area contributed by atoms with Crippen molar-refractivity contribution in [1.29, 1.82) is 0 Å². The third kappa shape index (κ3) is 1.83. The molecular weight excluding hydrogens is 260 g/mol. The Balaban J connectivity index is 2.16. The monoisotopic (exact) mass is 278 g/mol. The summed E-state index contributed by atoms with van der Waals surface area (Å²) in [5.41, 5.74) is 0.0642. The number of aromatic amines is 1. The summed E-state index contributed by atoms with van der Waals surface area (Å²) < 4.78 is 2.48. The standard InChI is InChI=1S/C12H18N6O2/c1-7-6-18(5-4-13-7)11-14-8-9(15-11)16(2)12(20)17(3)10(8)19/h7,13H,4-6H2,1-3H3,(H,14,15). The van der Waals surface area contributed by atoms with E-state index in [-0.39, 0.29) is 11.2 Å². The SMILES string of the molecule is CC1CN(c2nc3c([nH]2)c(=O)n(C)c(=O)n3C)CCN1. The normalized spacial score (nSPS) is 19.8. The lowest BCUT2D eigenvalue weighted by molar-refractivity contribution is 0.480. The summed E-state index contributed by atoms with van der Waals surface area (Å²) in [5, 5.41) is 3.35. The molecule has 3 rings (SSSR count). The number of nitrogens with zero attached hydrogens (tertiary/aromatic N) is 4. The van der Waals surface area contributed by atoms with Crippen LogP contribution >= 0.6 is 0 Å². The molecule has 0 radical (unpaired) electrons. The zero-order valence-corrected chi connectivity index (χ0v) is 11.8. The lowest BCUT2D eigenvalue weighted by atomic mass is 10.2. The number of imidazole rings is 1. The number of aryl methyl sites for hydroxylation is 1. The van der Waals surface area contributed by atoms with Gasteiger partial charge in [0.2, 0.25) is 5.95 Å². The summed E-state index contributed by atoms with van der Waals surface area (Å²) in [4.78, 5) is 33.6. The average molecular weight is 278 g/mol. The van der Waals surface area contributed by atoms with E-state index in [0.29, 0.717) is 23.2 Å². The van der Waals surface area contributed by atoms with E-state index in [4.69, 9.17) is 0 Å². The van der Waals surface area contributed by atoms with Crippen LogP contribution in [0.25, 0.3) is 11.2 Å². The number of aromatic nitrogens is 4. The molecule has 2 N–H and O–H groups in total. The van der Waals surface area contributed by atoms with Gasteiger partial charge in [-0.2, -0.15) is 4.98 Å². The molecule has 0 saturated carbocycles. The molecule has 0 spiro atoms. The first-order valence-electron chi connectivity index (χ1n) is 6.63. The summed E-state index contributed by atoms with van der Waals surface area (Å²) in [5.74, 6) is 0.645. The zero-order chi connectivity index (χ0) is 14.4. The maximum atomic E-state index is 12.1. The van der Waals surface area contributed by atoms with Crippen molar-refractivity contribution in [3.63, 3.8) is 0 Å². The third-order valence-electron chi connectivity index (χ3n) is 3.75. The van der Waals surface area contributed by atoms with Crippen LogP contribution in [-0.4, -0.2) is 44.8 Å². The molecule has 1 fully saturated rings. The van der Waals surface area contributed by atoms with Gasteiger partial charge >= 0.3 is 5.69 Å². The highest BCUT2D eigenvalue weighted by molar-refractivity contribution is 5.73. The number of H-pyrrole nitrogens is 1. The van der Waals surface area contributed by atoms with Crippen molar-refractivity contribution >= 4 is 17.1 Å². The second-order valence-corrected chi connectivity index (χ2v) is 5.27. The van der Waals surface area contributed by atoms with E-state index in [1.807, 2.05) is 0 Å². The van der Waals surface area contributed by atoms with Crippen LogP contribution in [0.1, 0.15) is 6.92 Å². The van der Waals surface area contributed by atoms with Crippen molar-refractivity contribution in [3.05, 3.63) is 20.8 Å². The van der Waals surface area contributed by atoms with Gasteiger partial charge in [0.05, 0.1) is 0 Å². The highest BCUT2D eigenvalue weighted by Gasteiger charge is 2.21. The first-order chi connectivity index (χ1) is 9.49. The summed E-state index contributed by atoms with van der Waals surface area (Å²) in [6.07, 6.45) is 0. The summed E-state index contributed by atoms with van der Waals surface area (Å²) in [7, 11) is 3.09. The lowest BCUT2D eigenvalue weighted by Crippen LogP contribution is -2.49. The van der Waals surface area contributed by atoms with E-state index in [2.05, 4.69) is 27.1 Å². The minimum Gasteiger partial charge on any atom is -0.340 e. The second-order valence-electron chi connectivity index (χ2n) is 5.27. The van der Waals surface area contributed by atoms with Crippen LogP contribution < -0.4 is 21.5 Å². The van der Waals surface area contributed by atoms with Crippen molar-refractivity contribution < 1.29 is 0 Å². The largest absolute Gasteiger partial charge is 0.340 e. The number of nitrogens with one attached hydrogen (secondary N) is 2. The lowest BCUT2D eigenvalue weighted by Gasteiger charge is -2.31. The van der Waals surface area contributed by atoms with E-state index in [0.717, 1.165) is 24.2 Å². The van der Waals surface area contributed by atoms with Gasteiger partial charge in [0.1, 0.15) is 0 Å². The first kappa shape index (κ1) is 12.9. The van der Waals surface area contributed by atoms with Gasteiger partial charge in [-0.15, -0.1) is 0 Å². The van der Waals surface area contributed by atoms with Crippen molar-refractivity contribution in [2.45, 2.75) is 13.0 Å². The summed E-state index contributed by atoms with van der Waals surface area (Å²) >= 11 is 0. The van der Waals surface area contributed by atoms with Gasteiger partial charge in [-0.3, -0.25) is 13.9 Å². The van der Waals surface area contributed by atoms with Crippen molar-refractivity contribution in [2.24, 2.45) is 14.1 Å². The number of rotatable bonds is 1. The Kier molecular flexibility index (Phi) is 2.89. The molecule has 1 unspecified atom stereocenters. The van der Waals surface area contributed by atoms with E-state index >= 15 is 0 Å². The van der Waals surface area contributed by atoms with E-state index < -0.39 is 0 Å². The fraction of sp³-hybridized carbons (Fsp3) is 0.583. The number of anilines is 1. The van der Waals surface area contributed by atoms with E-state index in [1.165, 1.54) is 11.6 Å². The third-order valence-corrected chi connectivity index (χ3v) is 3.75. The predicted molar refractivity (Wildman–Crippen MR) is 76.3 cm³/mol. The van der Waals surface area contributed by atoms with Gasteiger partial charge in [-0.1, -0.05) is 0 Å². The Bertz CT molecular complexity index is 771. The van der Waals surface area contributed by atoms with Crippen LogP contribution in [0.4, 0.5) is 5.95 Å². The molecule has 0 bridgehead atoms. The molecule has 8 heteroatoms. The zero-order valence-electron chi connectivity index (χ0n) is 11.8. The summed E-state index contributed by atoms with van der Waals surface area (Å²) in [6.45, 7) is 4.60. The molecule has 108 valence electrons. The molecule has 2 aromatic rings. The van der Waals surface area contributed by atoms with Gasteiger partial charge in [0.15, 0.2) is 11.2 Å². The minimum absolute atomic E-state index is 0.343. The van der Waals surface area contributed by atoms with Crippen LogP contribution in [0.2, 0.25) is 0 Å². The highest BCUT2D eigenvalue weighted by Crippen LogP contribution is 2.14. The number of hydrogen-bond acceptors (Lipinski definition) is 5. The Morgan fingerprint density at radius 2 is 2.00 bits per heavy atom. The summed E-state index contributed by atoms with van der Waals surface area (Å²) in [6, 6.07) is 0.364. The molecule has 0 aliphatic carbocycles. The van der Waals surface area contributed by atoms with Crippen LogP contribution in [0.5, 0.6) is 0 Å². The average Bonchev–Trinajstić information content (AvgIpc) is 2.88. The van der Waals surface area contributed by atoms with Gasteiger partial charge in [-0.25, -0.2) is 4.79 Å². The van der Waals surface area contributed by atoms with Gasteiger partial charge < -0.3 is 15.2 Å². The number of fused-ring (bicyclic) bond motifs is 1. The van der Waals surface area contributed by atoms with E-state index in [1.54, 1.807) is 7.05 Å². The Labute approximate surface area is 115 Å². The molecule has 1 atom stereocenters. The maximum Gasteiger partial charge on any atom is 0.332 e. The smallest absolute Gasteiger partial charge is 0.332 e. The fourth-order valence-electron chi connectivity index (χ4n) is 2.59. The highest BCUT2D eigenvalue weighted by atomic mass is 16.2.